The van der Waals surface area contributed by atoms with Gasteiger partial charge in [-0.15, -0.1) is 0 Å². The second kappa shape index (κ2) is 5.54. The molecule has 0 fully saturated rings. The minimum atomic E-state index is -3.77. The lowest BCUT2D eigenvalue weighted by molar-refractivity contribution is 0.307. The molecule has 0 radical (unpaired) electrons. The van der Waals surface area contributed by atoms with Crippen LogP contribution in [0.25, 0.3) is 0 Å². The molecule has 1 heterocycles. The highest BCUT2D eigenvalue weighted by atomic mass is 32.2. The van der Waals surface area contributed by atoms with E-state index >= 15 is 0 Å². The molecule has 0 aromatic heterocycles. The number of amidine groups is 1. The average molecular weight is 329 g/mol. The Labute approximate surface area is 126 Å². The maximum Gasteiger partial charge on any atom is 0.242 e. The van der Waals surface area contributed by atoms with Gasteiger partial charge in [-0.25, -0.2) is 13.1 Å². The molecule has 21 heavy (non-hydrogen) atoms. The lowest BCUT2D eigenvalue weighted by atomic mass is 9.93. The van der Waals surface area contributed by atoms with E-state index in [1.54, 1.807) is 26.0 Å². The molecule has 0 spiro atoms. The van der Waals surface area contributed by atoms with Crippen LogP contribution in [-0.2, 0) is 21.4 Å². The van der Waals surface area contributed by atoms with Gasteiger partial charge in [-0.1, -0.05) is 25.1 Å². The molecule has 1 aromatic rings. The van der Waals surface area contributed by atoms with Crippen LogP contribution in [0.3, 0.4) is 0 Å². The highest BCUT2D eigenvalue weighted by Crippen LogP contribution is 2.37. The Morgan fingerprint density at radius 2 is 2.19 bits per heavy atom. The van der Waals surface area contributed by atoms with Gasteiger partial charge in [-0.05, 0) is 12.1 Å². The summed E-state index contributed by atoms with van der Waals surface area (Å²) in [5.41, 5.74) is 5.57. The Balaban J connectivity index is 2.26. The summed E-state index contributed by atoms with van der Waals surface area (Å²) >= 11 is 0.951. The van der Waals surface area contributed by atoms with Crippen molar-refractivity contribution in [2.45, 2.75) is 18.7 Å². The number of sulfonamides is 1. The van der Waals surface area contributed by atoms with Crippen LogP contribution in [0.2, 0.25) is 0 Å². The van der Waals surface area contributed by atoms with Gasteiger partial charge in [-0.3, -0.25) is 0 Å². The first kappa shape index (κ1) is 15.6. The van der Waals surface area contributed by atoms with E-state index in [-0.39, 0.29) is 17.3 Å². The molecule has 114 valence electrons. The molecule has 2 rings (SSSR count). The first-order chi connectivity index (χ1) is 9.78. The van der Waals surface area contributed by atoms with Gasteiger partial charge in [0, 0.05) is 12.0 Å². The quantitative estimate of drug-likeness (QED) is 0.332. The molecule has 0 bridgehead atoms. The Morgan fingerprint density at radius 3 is 2.86 bits per heavy atom. The van der Waals surface area contributed by atoms with Gasteiger partial charge in [0.1, 0.15) is 22.1 Å². The summed E-state index contributed by atoms with van der Waals surface area (Å²) in [4.78, 5) is 0.0593. The molecule has 8 nitrogen and oxygen atoms in total. The molecule has 1 aromatic carbocycles. The topological polar surface area (TPSA) is 130 Å². The number of nitrogens with one attached hydrogen (secondary N) is 1. The summed E-state index contributed by atoms with van der Waals surface area (Å²) in [5, 5.41) is 11.6. The standard InChI is InChI=1S/C11H15N5O3S2/c1-11(2,10(12)14-17)6-13-21(18,19)8-5-3-4-7-9(8)16-20-15-7/h3-5,13,17H,6H2,1-2H3,(H2,12,14). The molecule has 1 aliphatic rings. The van der Waals surface area contributed by atoms with Gasteiger partial charge >= 0.3 is 0 Å². The number of rotatable bonds is 5. The van der Waals surface area contributed by atoms with Gasteiger partial charge in [0.15, 0.2) is 0 Å². The van der Waals surface area contributed by atoms with E-state index in [4.69, 9.17) is 10.9 Å². The minimum Gasteiger partial charge on any atom is -0.409 e. The number of nitrogens with two attached hydrogens (primary N) is 1. The van der Waals surface area contributed by atoms with Crippen LogP contribution in [0.5, 0.6) is 0 Å². The summed E-state index contributed by atoms with van der Waals surface area (Å²) in [7, 11) is -3.77. The smallest absolute Gasteiger partial charge is 0.242 e. The van der Waals surface area contributed by atoms with Crippen molar-refractivity contribution in [1.29, 1.82) is 0 Å². The molecule has 0 amide bonds. The fraction of sp³-hybridized carbons (Fsp3) is 0.364. The third kappa shape index (κ3) is 3.12. The summed E-state index contributed by atoms with van der Waals surface area (Å²) in [5.74, 6) is -0.0567. The van der Waals surface area contributed by atoms with Crippen molar-refractivity contribution in [3.05, 3.63) is 18.2 Å². The summed E-state index contributed by atoms with van der Waals surface area (Å²) in [6.45, 7) is 3.31. The molecule has 0 aliphatic carbocycles. The van der Waals surface area contributed by atoms with Gasteiger partial charge in [0.05, 0.1) is 11.4 Å². The minimum absolute atomic E-state index is 0.0147. The number of fused-ring (bicyclic) bond motifs is 1. The number of hydrogen-bond donors (Lipinski definition) is 3. The number of oxime groups is 1. The molecule has 10 heteroatoms. The summed E-state index contributed by atoms with van der Waals surface area (Å²) in [6.07, 6.45) is 0. The predicted octanol–water partition coefficient (Wildman–Crippen LogP) is 1.46. The second-order valence-corrected chi connectivity index (χ2v) is 7.35. The number of nitrogens with zero attached hydrogens (tertiary/aromatic N) is 3. The molecule has 4 N–H and O–H groups in total. The highest BCUT2D eigenvalue weighted by Gasteiger charge is 2.28. The largest absolute Gasteiger partial charge is 0.409 e. The summed E-state index contributed by atoms with van der Waals surface area (Å²) < 4.78 is 35.2. The molecule has 0 saturated carbocycles. The molecule has 0 atom stereocenters. The van der Waals surface area contributed by atoms with Crippen molar-refractivity contribution < 1.29 is 13.6 Å². The Morgan fingerprint density at radius 1 is 1.48 bits per heavy atom. The SMILES string of the molecule is CC(C)(CNS(=O)(=O)c1cccc2c1N=S=N2)/C(N)=N/O. The van der Waals surface area contributed by atoms with E-state index in [1.165, 1.54) is 6.07 Å². The first-order valence-electron chi connectivity index (χ1n) is 5.97. The molecular weight excluding hydrogens is 314 g/mol. The van der Waals surface area contributed by atoms with Gasteiger partial charge in [0.25, 0.3) is 0 Å². The highest BCUT2D eigenvalue weighted by molar-refractivity contribution is 7.89. The van der Waals surface area contributed by atoms with E-state index < -0.39 is 15.4 Å². The Bertz CT molecular complexity index is 764. The van der Waals surface area contributed by atoms with E-state index in [2.05, 4.69) is 18.6 Å². The van der Waals surface area contributed by atoms with Crippen LogP contribution in [0.1, 0.15) is 13.8 Å². The molecular formula is C11H15N5O3S2. The zero-order valence-corrected chi connectivity index (χ0v) is 13.1. The van der Waals surface area contributed by atoms with Crippen LogP contribution in [0.4, 0.5) is 11.4 Å². The lowest BCUT2D eigenvalue weighted by Crippen LogP contribution is -2.42. The first-order valence-corrected chi connectivity index (χ1v) is 8.18. The zero-order valence-electron chi connectivity index (χ0n) is 11.4. The van der Waals surface area contributed by atoms with Gasteiger partial charge in [0.2, 0.25) is 10.0 Å². The third-order valence-electron chi connectivity index (χ3n) is 3.04. The van der Waals surface area contributed by atoms with Crippen molar-refractivity contribution in [2.75, 3.05) is 6.54 Å². The Kier molecular flexibility index (Phi) is 4.12. The molecule has 0 saturated heterocycles. The van der Waals surface area contributed by atoms with Crippen LogP contribution in [-0.4, -0.2) is 26.0 Å². The van der Waals surface area contributed by atoms with Gasteiger partial charge < -0.3 is 10.9 Å². The van der Waals surface area contributed by atoms with Crippen molar-refractivity contribution >= 4 is 38.6 Å². The summed E-state index contributed by atoms with van der Waals surface area (Å²) in [6, 6.07) is 4.76. The lowest BCUT2D eigenvalue weighted by Gasteiger charge is -2.23. The van der Waals surface area contributed by atoms with Crippen molar-refractivity contribution in [1.82, 2.24) is 4.72 Å². The van der Waals surface area contributed by atoms with Crippen LogP contribution >= 0.6 is 0 Å². The Hall–Kier alpha value is -1.78. The van der Waals surface area contributed by atoms with Crippen molar-refractivity contribution in [3.8, 4) is 0 Å². The van der Waals surface area contributed by atoms with E-state index in [0.29, 0.717) is 11.4 Å². The second-order valence-electron chi connectivity index (χ2n) is 5.08. The van der Waals surface area contributed by atoms with Crippen molar-refractivity contribution in [3.63, 3.8) is 0 Å². The number of benzene rings is 1. The average Bonchev–Trinajstić information content (AvgIpc) is 2.92. The van der Waals surface area contributed by atoms with Crippen LogP contribution in [0, 0.1) is 5.41 Å². The molecule has 1 aliphatic heterocycles. The van der Waals surface area contributed by atoms with Crippen molar-refractivity contribution in [2.24, 2.45) is 25.0 Å². The molecule has 0 unspecified atom stereocenters. The van der Waals surface area contributed by atoms with Crippen LogP contribution < -0.4 is 10.5 Å². The monoisotopic (exact) mass is 329 g/mol. The fourth-order valence-electron chi connectivity index (χ4n) is 1.58. The fourth-order valence-corrected chi connectivity index (χ4v) is 3.55. The van der Waals surface area contributed by atoms with E-state index in [1.807, 2.05) is 0 Å². The van der Waals surface area contributed by atoms with Crippen LogP contribution in [0.15, 0.2) is 37.0 Å². The van der Waals surface area contributed by atoms with E-state index in [0.717, 1.165) is 11.4 Å². The third-order valence-corrected chi connectivity index (χ3v) is 5.02. The van der Waals surface area contributed by atoms with E-state index in [9.17, 15) is 8.42 Å². The zero-order chi connectivity index (χ0) is 15.7. The normalized spacial score (nSPS) is 14.9. The maximum absolute atomic E-state index is 12.4. The maximum atomic E-state index is 12.4. The van der Waals surface area contributed by atoms with Gasteiger partial charge in [-0.2, -0.15) is 8.73 Å². The predicted molar refractivity (Wildman–Crippen MR) is 80.4 cm³/mol. The number of hydrogen-bond acceptors (Lipinski definition) is 6.